The molecule has 8 heteroatoms. The number of halogens is 1. The standard InChI is InChI=1S/C22H21ClN2O5/c1-13-3-4-16(9-14(13)2)19(26)12-30-22(29)17-10-20(27)25(11-17)24-21(28)15-5-7-18(23)8-6-15/h3-9,17H,10-12H2,1-2H3,(H,24,28)/t17-/m1/s1. The van der Waals surface area contributed by atoms with Gasteiger partial charge in [-0.15, -0.1) is 0 Å². The van der Waals surface area contributed by atoms with Crippen LogP contribution in [0.15, 0.2) is 42.5 Å². The van der Waals surface area contributed by atoms with E-state index in [1.54, 1.807) is 24.3 Å². The van der Waals surface area contributed by atoms with E-state index >= 15 is 0 Å². The largest absolute Gasteiger partial charge is 0.457 e. The summed E-state index contributed by atoms with van der Waals surface area (Å²) in [5, 5.41) is 1.58. The Morgan fingerprint density at radius 1 is 1.07 bits per heavy atom. The number of hydrazine groups is 1. The van der Waals surface area contributed by atoms with Gasteiger partial charge in [0.15, 0.2) is 12.4 Å². The van der Waals surface area contributed by atoms with E-state index in [0.717, 1.165) is 16.1 Å². The van der Waals surface area contributed by atoms with Crippen molar-refractivity contribution in [1.82, 2.24) is 10.4 Å². The minimum absolute atomic E-state index is 0.0190. The third-order valence-electron chi connectivity index (χ3n) is 4.98. The van der Waals surface area contributed by atoms with E-state index in [4.69, 9.17) is 16.3 Å². The lowest BCUT2D eigenvalue weighted by atomic mass is 10.0. The molecule has 156 valence electrons. The first kappa shape index (κ1) is 21.5. The van der Waals surface area contributed by atoms with E-state index in [-0.39, 0.29) is 18.7 Å². The third kappa shape index (κ3) is 5.04. The second-order valence-corrected chi connectivity index (χ2v) is 7.62. The van der Waals surface area contributed by atoms with Crippen LogP contribution in [0.4, 0.5) is 0 Å². The number of rotatable bonds is 6. The maximum Gasteiger partial charge on any atom is 0.311 e. The topological polar surface area (TPSA) is 92.8 Å². The average molecular weight is 429 g/mol. The molecule has 1 heterocycles. The van der Waals surface area contributed by atoms with Crippen LogP contribution in [0.3, 0.4) is 0 Å². The lowest BCUT2D eigenvalue weighted by Crippen LogP contribution is -2.43. The van der Waals surface area contributed by atoms with Crippen LogP contribution < -0.4 is 5.43 Å². The van der Waals surface area contributed by atoms with Crippen LogP contribution in [0, 0.1) is 19.8 Å². The van der Waals surface area contributed by atoms with Gasteiger partial charge in [-0.3, -0.25) is 29.6 Å². The summed E-state index contributed by atoms with van der Waals surface area (Å²) in [4.78, 5) is 49.0. The number of ether oxygens (including phenoxy) is 1. The Hall–Kier alpha value is -3.19. The van der Waals surface area contributed by atoms with Gasteiger partial charge in [0.2, 0.25) is 5.91 Å². The first-order valence-electron chi connectivity index (χ1n) is 9.38. The van der Waals surface area contributed by atoms with Crippen LogP contribution in [0.1, 0.15) is 38.3 Å². The molecular formula is C22H21ClN2O5. The third-order valence-corrected chi connectivity index (χ3v) is 5.23. The van der Waals surface area contributed by atoms with Crippen molar-refractivity contribution < 1.29 is 23.9 Å². The number of amides is 2. The Bertz CT molecular complexity index is 1000. The number of carbonyl (C=O) groups excluding carboxylic acids is 4. The normalized spacial score (nSPS) is 15.8. The predicted octanol–water partition coefficient (Wildman–Crippen LogP) is 2.88. The smallest absolute Gasteiger partial charge is 0.311 e. The lowest BCUT2D eigenvalue weighted by Gasteiger charge is -2.17. The Balaban J connectivity index is 1.53. The van der Waals surface area contributed by atoms with Crippen molar-refractivity contribution in [3.05, 3.63) is 69.7 Å². The number of benzene rings is 2. The molecule has 1 fully saturated rings. The molecule has 1 aliphatic heterocycles. The van der Waals surface area contributed by atoms with Crippen LogP contribution in [-0.4, -0.2) is 41.7 Å². The highest BCUT2D eigenvalue weighted by Gasteiger charge is 2.36. The van der Waals surface area contributed by atoms with Gasteiger partial charge in [-0.2, -0.15) is 0 Å². The molecule has 1 saturated heterocycles. The summed E-state index contributed by atoms with van der Waals surface area (Å²) in [7, 11) is 0. The highest BCUT2D eigenvalue weighted by atomic mass is 35.5. The van der Waals surface area contributed by atoms with Crippen LogP contribution in [-0.2, 0) is 14.3 Å². The van der Waals surface area contributed by atoms with Gasteiger partial charge in [0.25, 0.3) is 5.91 Å². The highest BCUT2D eigenvalue weighted by Crippen LogP contribution is 2.19. The number of ketones is 1. The molecule has 0 radical (unpaired) electrons. The molecule has 1 N–H and O–H groups in total. The van der Waals surface area contributed by atoms with Gasteiger partial charge in [-0.25, -0.2) is 0 Å². The molecule has 1 atom stereocenters. The van der Waals surface area contributed by atoms with E-state index in [1.807, 2.05) is 19.9 Å². The van der Waals surface area contributed by atoms with Gasteiger partial charge in [-0.1, -0.05) is 23.7 Å². The highest BCUT2D eigenvalue weighted by molar-refractivity contribution is 6.30. The fourth-order valence-electron chi connectivity index (χ4n) is 3.01. The molecule has 2 aromatic rings. The average Bonchev–Trinajstić information content (AvgIpc) is 3.08. The van der Waals surface area contributed by atoms with Gasteiger partial charge in [0.05, 0.1) is 12.5 Å². The number of hydrogen-bond donors (Lipinski definition) is 1. The fraction of sp³-hybridized carbons (Fsp3) is 0.273. The number of esters is 1. The maximum atomic E-state index is 12.3. The molecule has 0 unspecified atom stereocenters. The minimum Gasteiger partial charge on any atom is -0.457 e. The molecule has 2 aromatic carbocycles. The SMILES string of the molecule is Cc1ccc(C(=O)COC(=O)[C@@H]2CC(=O)N(NC(=O)c3ccc(Cl)cc3)C2)cc1C. The minimum atomic E-state index is -0.754. The van der Waals surface area contributed by atoms with E-state index in [2.05, 4.69) is 5.43 Å². The number of hydrogen-bond acceptors (Lipinski definition) is 5. The fourth-order valence-corrected chi connectivity index (χ4v) is 3.14. The first-order valence-corrected chi connectivity index (χ1v) is 9.76. The molecule has 1 aliphatic rings. The zero-order valence-corrected chi connectivity index (χ0v) is 17.4. The molecule has 3 rings (SSSR count). The molecule has 0 spiro atoms. The number of Topliss-reactive ketones (excluding diaryl/α,β-unsaturated/α-hetero) is 1. The predicted molar refractivity (Wildman–Crippen MR) is 110 cm³/mol. The molecule has 0 bridgehead atoms. The zero-order valence-electron chi connectivity index (χ0n) is 16.6. The summed E-state index contributed by atoms with van der Waals surface area (Å²) in [6, 6.07) is 11.5. The van der Waals surface area contributed by atoms with Crippen LogP contribution in [0.25, 0.3) is 0 Å². The van der Waals surface area contributed by atoms with Crippen LogP contribution in [0.2, 0.25) is 5.02 Å². The Labute approximate surface area is 178 Å². The van der Waals surface area contributed by atoms with Crippen molar-refractivity contribution in [1.29, 1.82) is 0 Å². The summed E-state index contributed by atoms with van der Waals surface area (Å²) < 4.78 is 5.12. The Morgan fingerprint density at radius 2 is 1.73 bits per heavy atom. The molecule has 30 heavy (non-hydrogen) atoms. The Kier molecular flexibility index (Phi) is 6.52. The van der Waals surface area contributed by atoms with Crippen molar-refractivity contribution in [3.8, 4) is 0 Å². The summed E-state index contributed by atoms with van der Waals surface area (Å²) in [6.45, 7) is 3.42. The monoisotopic (exact) mass is 428 g/mol. The molecule has 7 nitrogen and oxygen atoms in total. The van der Waals surface area contributed by atoms with Gasteiger partial charge in [0.1, 0.15) is 0 Å². The molecule has 2 amide bonds. The van der Waals surface area contributed by atoms with Crippen molar-refractivity contribution in [2.45, 2.75) is 20.3 Å². The first-order chi connectivity index (χ1) is 14.2. The number of nitrogens with zero attached hydrogens (tertiary/aromatic N) is 1. The number of nitrogens with one attached hydrogen (secondary N) is 1. The quantitative estimate of drug-likeness (QED) is 0.564. The van der Waals surface area contributed by atoms with Gasteiger partial charge < -0.3 is 4.74 Å². The van der Waals surface area contributed by atoms with Gasteiger partial charge in [0, 0.05) is 22.6 Å². The zero-order chi connectivity index (χ0) is 21.8. The van der Waals surface area contributed by atoms with E-state index < -0.39 is 30.3 Å². The van der Waals surface area contributed by atoms with Crippen LogP contribution in [0.5, 0.6) is 0 Å². The summed E-state index contributed by atoms with van der Waals surface area (Å²) >= 11 is 5.80. The number of carbonyl (C=O) groups is 4. The van der Waals surface area contributed by atoms with Crippen molar-refractivity contribution in [3.63, 3.8) is 0 Å². The Morgan fingerprint density at radius 3 is 2.40 bits per heavy atom. The van der Waals surface area contributed by atoms with Gasteiger partial charge in [-0.05, 0) is 55.3 Å². The molecular weight excluding hydrogens is 408 g/mol. The van der Waals surface area contributed by atoms with Crippen LogP contribution >= 0.6 is 11.6 Å². The van der Waals surface area contributed by atoms with Crippen molar-refractivity contribution in [2.75, 3.05) is 13.2 Å². The van der Waals surface area contributed by atoms with Gasteiger partial charge >= 0.3 is 5.97 Å². The maximum absolute atomic E-state index is 12.3. The van der Waals surface area contributed by atoms with E-state index in [1.165, 1.54) is 12.1 Å². The van der Waals surface area contributed by atoms with Crippen molar-refractivity contribution >= 4 is 35.2 Å². The van der Waals surface area contributed by atoms with E-state index in [0.29, 0.717) is 16.1 Å². The molecule has 0 saturated carbocycles. The molecule has 0 aliphatic carbocycles. The second-order valence-electron chi connectivity index (χ2n) is 7.18. The summed E-state index contributed by atoms with van der Waals surface area (Å²) in [6.07, 6.45) is -0.0996. The number of aryl methyl sites for hydroxylation is 2. The lowest BCUT2D eigenvalue weighted by molar-refractivity contribution is -0.147. The summed E-state index contributed by atoms with van der Waals surface area (Å²) in [5.74, 6) is -2.61. The second kappa shape index (κ2) is 9.09. The molecule has 0 aromatic heterocycles. The summed E-state index contributed by atoms with van der Waals surface area (Å²) in [5.41, 5.74) is 5.31. The van der Waals surface area contributed by atoms with E-state index in [9.17, 15) is 19.2 Å². The van der Waals surface area contributed by atoms with Crippen molar-refractivity contribution in [2.24, 2.45) is 5.92 Å².